The number of rotatable bonds is 2. The molecular formula is C3H10BrO4P. The van der Waals surface area contributed by atoms with Gasteiger partial charge in [0.1, 0.15) is 6.10 Å². The van der Waals surface area contributed by atoms with Crippen molar-refractivity contribution in [2.75, 3.05) is 0 Å². The van der Waals surface area contributed by atoms with Crippen LogP contribution in [0.5, 0.6) is 0 Å². The van der Waals surface area contributed by atoms with E-state index in [1.54, 1.807) is 0 Å². The average molecular weight is 221 g/mol. The summed E-state index contributed by atoms with van der Waals surface area (Å²) in [5.74, 6) is -1.19. The van der Waals surface area contributed by atoms with Gasteiger partial charge in [0.15, 0.2) is 6.29 Å². The quantitative estimate of drug-likeness (QED) is 0.335. The maximum absolute atomic E-state index is 8.43. The average Bonchev–Trinajstić information content (AvgIpc) is 1.64. The Kier molecular flexibility index (Phi) is 7.63. The van der Waals surface area contributed by atoms with E-state index in [9.17, 15) is 0 Å². The predicted octanol–water partition coefficient (Wildman–Crippen LogP) is -1.57. The Morgan fingerprint density at radius 1 is 1.00 bits per heavy atom. The fraction of sp³-hybridized carbons (Fsp3) is 1.00. The molecule has 0 radical (unpaired) electrons. The first kappa shape index (κ1) is 12.4. The highest BCUT2D eigenvalue weighted by Gasteiger charge is 2.17. The molecule has 0 aliphatic carbocycles. The summed E-state index contributed by atoms with van der Waals surface area (Å²) >= 11 is 0. The van der Waals surface area contributed by atoms with Crippen molar-refractivity contribution in [2.45, 2.75) is 18.2 Å². The normalized spacial score (nSPS) is 16.7. The summed E-state index contributed by atoms with van der Waals surface area (Å²) in [6.07, 6.45) is -3.37. The molecule has 4 N–H and O–H groups in total. The highest BCUT2D eigenvalue weighted by atomic mass is 79.9. The lowest BCUT2D eigenvalue weighted by molar-refractivity contribution is -0.141. The molecule has 0 aromatic carbocycles. The van der Waals surface area contributed by atoms with E-state index < -0.39 is 18.2 Å². The van der Waals surface area contributed by atoms with Crippen molar-refractivity contribution in [3.05, 3.63) is 0 Å². The Hall–Kier alpha value is 0.750. The lowest BCUT2D eigenvalue weighted by Gasteiger charge is -2.13. The number of aliphatic hydroxyl groups is 4. The molecular weight excluding hydrogens is 211 g/mol. The van der Waals surface area contributed by atoms with Gasteiger partial charge in [-0.3, -0.25) is 0 Å². The van der Waals surface area contributed by atoms with Crippen LogP contribution in [0.3, 0.4) is 0 Å². The van der Waals surface area contributed by atoms with Crippen LogP contribution in [0.4, 0.5) is 0 Å². The molecule has 3 unspecified atom stereocenters. The van der Waals surface area contributed by atoms with E-state index in [1.807, 2.05) is 9.24 Å². The molecule has 4 nitrogen and oxygen atoms in total. The Bertz CT molecular complexity index is 60.8. The maximum atomic E-state index is 8.43. The van der Waals surface area contributed by atoms with Crippen LogP contribution in [0.25, 0.3) is 0 Å². The van der Waals surface area contributed by atoms with Gasteiger partial charge in [-0.2, -0.15) is 0 Å². The van der Waals surface area contributed by atoms with E-state index >= 15 is 0 Å². The lowest BCUT2D eigenvalue weighted by atomic mass is 10.4. The van der Waals surface area contributed by atoms with Crippen LogP contribution >= 0.6 is 26.2 Å². The standard InChI is InChI=1S/C3H9O4P.BrH/c4-1(2(5)6)3(7)8;/h1-7H,8H2;1H. The monoisotopic (exact) mass is 220 g/mol. The molecule has 0 fully saturated rings. The first-order chi connectivity index (χ1) is 3.55. The van der Waals surface area contributed by atoms with Crippen molar-refractivity contribution < 1.29 is 20.4 Å². The highest BCUT2D eigenvalue weighted by molar-refractivity contribution is 8.93. The van der Waals surface area contributed by atoms with Gasteiger partial charge in [0, 0.05) is 0 Å². The van der Waals surface area contributed by atoms with Crippen molar-refractivity contribution in [3.8, 4) is 0 Å². The molecule has 0 heterocycles. The largest absolute Gasteiger partial charge is 0.386 e. The smallest absolute Gasteiger partial charge is 0.181 e. The number of hydrogen-bond donors (Lipinski definition) is 4. The predicted molar refractivity (Wildman–Crippen MR) is 40.3 cm³/mol. The lowest BCUT2D eigenvalue weighted by Crippen LogP contribution is -2.33. The summed E-state index contributed by atoms with van der Waals surface area (Å²) in [4.78, 5) is 0. The molecule has 0 aromatic heterocycles. The summed E-state index contributed by atoms with van der Waals surface area (Å²) < 4.78 is 0. The molecule has 3 atom stereocenters. The first-order valence-electron chi connectivity index (χ1n) is 2.03. The topological polar surface area (TPSA) is 80.9 Å². The van der Waals surface area contributed by atoms with E-state index in [-0.39, 0.29) is 17.0 Å². The van der Waals surface area contributed by atoms with Crippen molar-refractivity contribution in [1.29, 1.82) is 0 Å². The minimum absolute atomic E-state index is 0. The van der Waals surface area contributed by atoms with Gasteiger partial charge in [-0.25, -0.2) is 0 Å². The maximum Gasteiger partial charge on any atom is 0.181 e. The van der Waals surface area contributed by atoms with Crippen LogP contribution < -0.4 is 0 Å². The van der Waals surface area contributed by atoms with Gasteiger partial charge in [-0.05, 0) is 0 Å². The Morgan fingerprint density at radius 3 is 1.33 bits per heavy atom. The molecule has 58 valence electrons. The van der Waals surface area contributed by atoms with Gasteiger partial charge < -0.3 is 20.4 Å². The van der Waals surface area contributed by atoms with Crippen molar-refractivity contribution >= 4 is 26.2 Å². The summed E-state index contributed by atoms with van der Waals surface area (Å²) in [5, 5.41) is 33.1. The fourth-order valence-corrected chi connectivity index (χ4v) is 0.375. The van der Waals surface area contributed by atoms with E-state index in [2.05, 4.69) is 0 Å². The van der Waals surface area contributed by atoms with Gasteiger partial charge in [0.05, 0.1) is 5.85 Å². The number of halogens is 1. The minimum Gasteiger partial charge on any atom is -0.386 e. The van der Waals surface area contributed by atoms with Crippen molar-refractivity contribution in [1.82, 2.24) is 0 Å². The molecule has 0 saturated carbocycles. The Labute approximate surface area is 65.5 Å². The molecule has 0 spiro atoms. The van der Waals surface area contributed by atoms with Crippen LogP contribution in [0.15, 0.2) is 0 Å². The zero-order valence-corrected chi connectivity index (χ0v) is 7.37. The second kappa shape index (κ2) is 5.53. The third-order valence-corrected chi connectivity index (χ3v) is 1.05. The van der Waals surface area contributed by atoms with Crippen LogP contribution in [-0.2, 0) is 0 Å². The van der Waals surface area contributed by atoms with Gasteiger partial charge in [-0.1, -0.05) is 0 Å². The third kappa shape index (κ3) is 5.21. The van der Waals surface area contributed by atoms with Gasteiger partial charge in [0.25, 0.3) is 0 Å². The van der Waals surface area contributed by atoms with E-state index in [0.29, 0.717) is 0 Å². The molecule has 6 heteroatoms. The van der Waals surface area contributed by atoms with Gasteiger partial charge >= 0.3 is 0 Å². The van der Waals surface area contributed by atoms with E-state index in [1.165, 1.54) is 0 Å². The molecule has 0 aromatic rings. The Morgan fingerprint density at radius 2 is 1.33 bits per heavy atom. The van der Waals surface area contributed by atoms with E-state index in [0.717, 1.165) is 0 Å². The number of hydrogen-bond acceptors (Lipinski definition) is 4. The van der Waals surface area contributed by atoms with Gasteiger partial charge in [-0.15, -0.1) is 26.2 Å². The summed E-state index contributed by atoms with van der Waals surface area (Å²) in [7, 11) is 1.83. The summed E-state index contributed by atoms with van der Waals surface area (Å²) in [6, 6.07) is 0. The van der Waals surface area contributed by atoms with Crippen LogP contribution in [-0.4, -0.2) is 38.7 Å². The second-order valence-electron chi connectivity index (χ2n) is 1.39. The first-order valence-corrected chi connectivity index (χ1v) is 2.70. The summed E-state index contributed by atoms with van der Waals surface area (Å²) in [6.45, 7) is 0. The zero-order valence-electron chi connectivity index (χ0n) is 4.51. The molecule has 0 amide bonds. The molecule has 9 heavy (non-hydrogen) atoms. The van der Waals surface area contributed by atoms with Crippen molar-refractivity contribution in [3.63, 3.8) is 0 Å². The number of aliphatic hydroxyl groups excluding tert-OH is 3. The third-order valence-electron chi connectivity index (χ3n) is 0.655. The Balaban J connectivity index is 0. The molecule has 0 saturated heterocycles. The van der Waals surface area contributed by atoms with Crippen molar-refractivity contribution in [2.24, 2.45) is 0 Å². The SMILES string of the molecule is Br.OC(O)C(O)C(O)P. The molecule has 0 aliphatic heterocycles. The zero-order chi connectivity index (χ0) is 6.73. The molecule has 0 rings (SSSR count). The molecule has 0 aliphatic rings. The fourth-order valence-electron chi connectivity index (χ4n) is 0.176. The van der Waals surface area contributed by atoms with Crippen LogP contribution in [0, 0.1) is 0 Å². The van der Waals surface area contributed by atoms with Crippen LogP contribution in [0.1, 0.15) is 0 Å². The second-order valence-corrected chi connectivity index (χ2v) is 2.08. The van der Waals surface area contributed by atoms with Gasteiger partial charge in [0.2, 0.25) is 0 Å². The molecule has 0 bridgehead atoms. The highest BCUT2D eigenvalue weighted by Crippen LogP contribution is 2.03. The summed E-state index contributed by atoms with van der Waals surface area (Å²) in [5.41, 5.74) is 0. The minimum atomic E-state index is -1.87. The van der Waals surface area contributed by atoms with Crippen LogP contribution in [0.2, 0.25) is 0 Å². The van der Waals surface area contributed by atoms with E-state index in [4.69, 9.17) is 20.4 Å².